The van der Waals surface area contributed by atoms with Crippen molar-refractivity contribution in [1.82, 2.24) is 19.9 Å². The molecule has 2 aliphatic rings. The summed E-state index contributed by atoms with van der Waals surface area (Å²) in [6, 6.07) is 9.85. The molecule has 0 radical (unpaired) electrons. The van der Waals surface area contributed by atoms with Crippen LogP contribution >= 0.6 is 0 Å². The highest BCUT2D eigenvalue weighted by molar-refractivity contribution is 6.09. The van der Waals surface area contributed by atoms with Gasteiger partial charge in [-0.2, -0.15) is 0 Å². The molecule has 2 aromatic carbocycles. The lowest BCUT2D eigenvalue weighted by Gasteiger charge is -2.31. The van der Waals surface area contributed by atoms with Crippen LogP contribution in [0.25, 0.3) is 22.3 Å². The number of halogens is 2. The molecule has 37 heavy (non-hydrogen) atoms. The molecule has 1 amide bonds. The minimum absolute atomic E-state index is 0.125. The normalized spacial score (nSPS) is 18.6. The average Bonchev–Trinajstić information content (AvgIpc) is 3.59. The average molecular weight is 505 g/mol. The Labute approximate surface area is 212 Å². The lowest BCUT2D eigenvalue weighted by molar-refractivity contribution is 0.102. The second-order valence-corrected chi connectivity index (χ2v) is 9.49. The van der Waals surface area contributed by atoms with E-state index in [0.717, 1.165) is 42.1 Å². The summed E-state index contributed by atoms with van der Waals surface area (Å²) in [5.41, 5.74) is 2.44. The fraction of sp³-hybridized carbons (Fsp3) is 0.296. The standard InChI is InChI=1S/C27H26F2N6O2/c1-14-32-24-20(34(14)2)8-7-19(26(24)35-13-15-11-16(35)12-31-15)33-27(36)17-9-10-30-25(23(17)29)22-18(28)5-4-6-21(22)37-3/h4-10,15-16,31H,11-13H2,1-3H3,(H,33,36)/t15-,16-/m1/s1. The van der Waals surface area contributed by atoms with Crippen LogP contribution in [0.15, 0.2) is 42.6 Å². The van der Waals surface area contributed by atoms with E-state index < -0.39 is 17.5 Å². The van der Waals surface area contributed by atoms with Gasteiger partial charge in [0.15, 0.2) is 5.82 Å². The number of ether oxygens (including phenoxy) is 1. The second-order valence-electron chi connectivity index (χ2n) is 9.49. The van der Waals surface area contributed by atoms with Gasteiger partial charge in [0.1, 0.15) is 28.6 Å². The first-order chi connectivity index (χ1) is 17.9. The third kappa shape index (κ3) is 3.71. The first-order valence-electron chi connectivity index (χ1n) is 12.1. The highest BCUT2D eigenvalue weighted by Gasteiger charge is 2.40. The van der Waals surface area contributed by atoms with Crippen LogP contribution in [0.3, 0.4) is 0 Å². The Morgan fingerprint density at radius 1 is 1.22 bits per heavy atom. The van der Waals surface area contributed by atoms with Crippen LogP contribution in [0.2, 0.25) is 0 Å². The number of carbonyl (C=O) groups is 1. The number of methoxy groups -OCH3 is 1. The van der Waals surface area contributed by atoms with Crippen molar-refractivity contribution in [3.63, 3.8) is 0 Å². The lowest BCUT2D eigenvalue weighted by atomic mass is 10.1. The fourth-order valence-electron chi connectivity index (χ4n) is 5.47. The van der Waals surface area contributed by atoms with Crippen molar-refractivity contribution in [3.05, 3.63) is 65.6 Å². The van der Waals surface area contributed by atoms with Gasteiger partial charge >= 0.3 is 0 Å². The van der Waals surface area contributed by atoms with E-state index >= 15 is 4.39 Å². The number of anilines is 2. The fourth-order valence-corrected chi connectivity index (χ4v) is 5.47. The molecule has 0 aliphatic carbocycles. The molecule has 2 aliphatic heterocycles. The third-order valence-corrected chi connectivity index (χ3v) is 7.41. The molecule has 10 heteroatoms. The number of fused-ring (bicyclic) bond motifs is 3. The molecule has 190 valence electrons. The summed E-state index contributed by atoms with van der Waals surface area (Å²) in [6.07, 6.45) is 2.30. The predicted molar refractivity (Wildman–Crippen MR) is 137 cm³/mol. The molecule has 4 heterocycles. The third-order valence-electron chi connectivity index (χ3n) is 7.41. The summed E-state index contributed by atoms with van der Waals surface area (Å²) in [4.78, 5) is 24.5. The maximum absolute atomic E-state index is 15.7. The smallest absolute Gasteiger partial charge is 0.258 e. The van der Waals surface area contributed by atoms with Crippen LogP contribution < -0.4 is 20.3 Å². The number of pyridine rings is 1. The van der Waals surface area contributed by atoms with Crippen LogP contribution in [0.5, 0.6) is 5.75 Å². The molecule has 2 N–H and O–H groups in total. The predicted octanol–water partition coefficient (Wildman–Crippen LogP) is 4.03. The maximum atomic E-state index is 15.7. The Morgan fingerprint density at radius 2 is 2.05 bits per heavy atom. The number of carbonyl (C=O) groups excluding carboxylic acids is 1. The van der Waals surface area contributed by atoms with Crippen molar-refractivity contribution in [1.29, 1.82) is 0 Å². The Balaban J connectivity index is 1.42. The van der Waals surface area contributed by atoms with Gasteiger partial charge in [0, 0.05) is 38.4 Å². The summed E-state index contributed by atoms with van der Waals surface area (Å²) >= 11 is 0. The largest absolute Gasteiger partial charge is 0.496 e. The molecular weight excluding hydrogens is 478 g/mol. The van der Waals surface area contributed by atoms with Crippen LogP contribution in [0, 0.1) is 18.6 Å². The van der Waals surface area contributed by atoms with E-state index in [1.165, 1.54) is 37.6 Å². The van der Waals surface area contributed by atoms with Gasteiger partial charge in [-0.05, 0) is 43.7 Å². The minimum atomic E-state index is -0.927. The van der Waals surface area contributed by atoms with Crippen molar-refractivity contribution in [2.75, 3.05) is 30.4 Å². The summed E-state index contributed by atoms with van der Waals surface area (Å²) < 4.78 is 37.5. The van der Waals surface area contributed by atoms with Crippen LogP contribution in [-0.2, 0) is 7.05 Å². The number of aromatic nitrogens is 3. The number of aryl methyl sites for hydroxylation is 2. The highest BCUT2D eigenvalue weighted by Crippen LogP contribution is 2.40. The quantitative estimate of drug-likeness (QED) is 0.427. The number of hydrogen-bond acceptors (Lipinski definition) is 6. The van der Waals surface area contributed by atoms with E-state index in [0.29, 0.717) is 11.7 Å². The van der Waals surface area contributed by atoms with Crippen LogP contribution in [-0.4, -0.2) is 52.7 Å². The van der Waals surface area contributed by atoms with Gasteiger partial charge in [0.05, 0.1) is 35.1 Å². The van der Waals surface area contributed by atoms with Crippen molar-refractivity contribution in [2.45, 2.75) is 25.4 Å². The molecular formula is C27H26F2N6O2. The van der Waals surface area contributed by atoms with E-state index in [1.807, 2.05) is 30.7 Å². The Hall–Kier alpha value is -4.05. The van der Waals surface area contributed by atoms with Crippen molar-refractivity contribution < 1.29 is 18.3 Å². The van der Waals surface area contributed by atoms with Crippen LogP contribution in [0.1, 0.15) is 22.6 Å². The van der Waals surface area contributed by atoms with Gasteiger partial charge in [-0.15, -0.1) is 0 Å². The summed E-state index contributed by atoms with van der Waals surface area (Å²) in [6.45, 7) is 3.58. The van der Waals surface area contributed by atoms with Crippen LogP contribution in [0.4, 0.5) is 20.2 Å². The maximum Gasteiger partial charge on any atom is 0.258 e. The zero-order chi connectivity index (χ0) is 25.8. The van der Waals surface area contributed by atoms with E-state index in [1.54, 1.807) is 0 Å². The molecule has 0 unspecified atom stereocenters. The molecule has 2 bridgehead atoms. The van der Waals surface area contributed by atoms with Crippen molar-refractivity contribution >= 4 is 28.3 Å². The molecule has 0 saturated carbocycles. The topological polar surface area (TPSA) is 84.3 Å². The number of imidazole rings is 1. The molecule has 2 aromatic heterocycles. The zero-order valence-electron chi connectivity index (χ0n) is 20.7. The van der Waals surface area contributed by atoms with Gasteiger partial charge in [0.2, 0.25) is 0 Å². The van der Waals surface area contributed by atoms with E-state index in [9.17, 15) is 9.18 Å². The van der Waals surface area contributed by atoms with Gasteiger partial charge < -0.3 is 24.8 Å². The number of amides is 1. The number of benzene rings is 2. The Bertz CT molecular complexity index is 1550. The van der Waals surface area contributed by atoms with Gasteiger partial charge in [-0.3, -0.25) is 9.78 Å². The number of nitrogens with one attached hydrogen (secondary N) is 2. The van der Waals surface area contributed by atoms with Gasteiger partial charge in [-0.25, -0.2) is 13.8 Å². The molecule has 2 saturated heterocycles. The molecule has 0 spiro atoms. The SMILES string of the molecule is COc1cccc(F)c1-c1nccc(C(=O)Nc2ccc3c(nc(C)n3C)c2N2C[C@H]3C[C@@H]2CN3)c1F. The zero-order valence-corrected chi connectivity index (χ0v) is 20.7. The monoisotopic (exact) mass is 504 g/mol. The molecule has 4 aromatic rings. The number of piperazine rings is 1. The van der Waals surface area contributed by atoms with Crippen molar-refractivity contribution in [3.8, 4) is 17.0 Å². The van der Waals surface area contributed by atoms with E-state index in [-0.39, 0.29) is 28.6 Å². The molecule has 2 fully saturated rings. The van der Waals surface area contributed by atoms with Gasteiger partial charge in [-0.1, -0.05) is 6.07 Å². The summed E-state index contributed by atoms with van der Waals surface area (Å²) in [7, 11) is 3.32. The molecule has 8 nitrogen and oxygen atoms in total. The number of hydrogen-bond donors (Lipinski definition) is 2. The van der Waals surface area contributed by atoms with E-state index in [4.69, 9.17) is 9.72 Å². The molecule has 6 rings (SSSR count). The van der Waals surface area contributed by atoms with Gasteiger partial charge in [0.25, 0.3) is 5.91 Å². The number of nitrogens with zero attached hydrogens (tertiary/aromatic N) is 4. The first kappa shape index (κ1) is 23.4. The summed E-state index contributed by atoms with van der Waals surface area (Å²) in [5.74, 6) is -1.30. The van der Waals surface area contributed by atoms with E-state index in [2.05, 4.69) is 20.5 Å². The molecule has 2 atom stereocenters. The Morgan fingerprint density at radius 3 is 2.78 bits per heavy atom. The highest BCUT2D eigenvalue weighted by atomic mass is 19.1. The van der Waals surface area contributed by atoms with Crippen molar-refractivity contribution in [2.24, 2.45) is 7.05 Å². The minimum Gasteiger partial charge on any atom is -0.496 e. The summed E-state index contributed by atoms with van der Waals surface area (Å²) in [5, 5.41) is 6.40. The Kier molecular flexibility index (Phi) is 5.56. The number of rotatable bonds is 5. The lowest BCUT2D eigenvalue weighted by Crippen LogP contribution is -2.44. The second kappa shape index (κ2) is 8.81. The first-order valence-corrected chi connectivity index (χ1v) is 12.1.